The molecule has 0 unspecified atom stereocenters. The van der Waals surface area contributed by atoms with E-state index in [2.05, 4.69) is 16.9 Å². The second kappa shape index (κ2) is 7.61. The molecule has 1 atom stereocenters. The molecular formula is C17H18FN3O2S. The van der Waals surface area contributed by atoms with Crippen molar-refractivity contribution >= 4 is 17.7 Å². The second-order valence-electron chi connectivity index (χ2n) is 5.39. The molecule has 0 spiro atoms. The lowest BCUT2D eigenvalue weighted by atomic mass is 10.2. The molecule has 0 N–H and O–H groups in total. The zero-order chi connectivity index (χ0) is 16.9. The minimum Gasteiger partial charge on any atom is -0.458 e. The number of rotatable bonds is 5. The van der Waals surface area contributed by atoms with Gasteiger partial charge in [-0.3, -0.25) is 4.79 Å². The highest BCUT2D eigenvalue weighted by Crippen LogP contribution is 2.25. The first-order valence-corrected chi connectivity index (χ1v) is 8.81. The van der Waals surface area contributed by atoms with E-state index < -0.39 is 5.82 Å². The number of nitrogens with zero attached hydrogens (tertiary/aromatic N) is 3. The van der Waals surface area contributed by atoms with Crippen LogP contribution in [0.2, 0.25) is 0 Å². The van der Waals surface area contributed by atoms with E-state index in [1.807, 2.05) is 24.3 Å². The normalized spacial score (nSPS) is 17.1. The quantitative estimate of drug-likeness (QED) is 0.778. The van der Waals surface area contributed by atoms with Crippen LogP contribution in [0.15, 0.2) is 41.6 Å². The van der Waals surface area contributed by atoms with Crippen LogP contribution in [-0.4, -0.2) is 45.7 Å². The molecule has 2 heterocycles. The predicted molar refractivity (Wildman–Crippen MR) is 89.8 cm³/mol. The molecule has 1 aliphatic heterocycles. The summed E-state index contributed by atoms with van der Waals surface area (Å²) in [6, 6.07) is 7.78. The fourth-order valence-corrected chi connectivity index (χ4v) is 3.41. The Morgan fingerprint density at radius 3 is 2.88 bits per heavy atom. The maximum absolute atomic E-state index is 12.8. The van der Waals surface area contributed by atoms with Gasteiger partial charge in [0.25, 0.3) is 5.91 Å². The average molecular weight is 347 g/mol. The fraction of sp³-hybridized carbons (Fsp3) is 0.353. The Morgan fingerprint density at radius 1 is 1.38 bits per heavy atom. The molecule has 5 nitrogen and oxygen atoms in total. The monoisotopic (exact) mass is 347 g/mol. The molecule has 24 heavy (non-hydrogen) atoms. The maximum Gasteiger partial charge on any atom is 0.316 e. The highest BCUT2D eigenvalue weighted by Gasteiger charge is 2.29. The molecule has 0 saturated carbocycles. The third kappa shape index (κ3) is 3.84. The van der Waals surface area contributed by atoms with Crippen LogP contribution < -0.4 is 4.74 Å². The highest BCUT2D eigenvalue weighted by molar-refractivity contribution is 7.99. The number of likely N-dealkylation sites (tertiary alicyclic amines) is 1. The smallest absolute Gasteiger partial charge is 0.316 e. The van der Waals surface area contributed by atoms with Gasteiger partial charge >= 0.3 is 6.01 Å². The largest absolute Gasteiger partial charge is 0.458 e. The Labute approximate surface area is 144 Å². The van der Waals surface area contributed by atoms with Gasteiger partial charge in [-0.05, 0) is 17.9 Å². The first-order chi connectivity index (χ1) is 11.7. The summed E-state index contributed by atoms with van der Waals surface area (Å²) in [6.07, 6.45) is 2.66. The second-order valence-corrected chi connectivity index (χ2v) is 6.70. The third-order valence-electron chi connectivity index (χ3n) is 3.72. The molecule has 0 bridgehead atoms. The third-order valence-corrected chi connectivity index (χ3v) is 4.67. The van der Waals surface area contributed by atoms with E-state index in [-0.39, 0.29) is 18.0 Å². The number of aromatic nitrogens is 2. The van der Waals surface area contributed by atoms with Gasteiger partial charge in [-0.25, -0.2) is 14.4 Å². The first-order valence-electron chi connectivity index (χ1n) is 7.82. The zero-order valence-electron chi connectivity index (χ0n) is 13.3. The van der Waals surface area contributed by atoms with Crippen LogP contribution in [0.3, 0.4) is 0 Å². The summed E-state index contributed by atoms with van der Waals surface area (Å²) in [5.41, 5.74) is 0.725. The van der Waals surface area contributed by atoms with Gasteiger partial charge in [0.2, 0.25) is 0 Å². The Balaban J connectivity index is 1.65. The molecule has 1 aromatic heterocycles. The van der Waals surface area contributed by atoms with E-state index in [4.69, 9.17) is 4.74 Å². The minimum absolute atomic E-state index is 0.0117. The minimum atomic E-state index is -0.504. The van der Waals surface area contributed by atoms with Gasteiger partial charge in [0.15, 0.2) is 5.82 Å². The molecule has 0 radical (unpaired) electrons. The van der Waals surface area contributed by atoms with Crippen LogP contribution in [0.4, 0.5) is 4.39 Å². The van der Waals surface area contributed by atoms with Crippen molar-refractivity contribution in [3.63, 3.8) is 0 Å². The topological polar surface area (TPSA) is 55.3 Å². The van der Waals surface area contributed by atoms with Gasteiger partial charge in [-0.15, -0.1) is 11.8 Å². The standard InChI is InChI=1S/C17H18FN3O2S/c1-2-24-15-6-4-3-5-14(15)16(22)21-8-7-13(11-21)23-17-19-9-12(18)10-20-17/h3-6,9-10,13H,2,7-8,11H2,1H3/t13-/m1/s1. The van der Waals surface area contributed by atoms with Gasteiger partial charge in [0, 0.05) is 17.9 Å². The molecule has 1 fully saturated rings. The number of benzene rings is 1. The van der Waals surface area contributed by atoms with Gasteiger partial charge in [-0.2, -0.15) is 0 Å². The zero-order valence-corrected chi connectivity index (χ0v) is 14.1. The van der Waals surface area contributed by atoms with Crippen molar-refractivity contribution in [3.05, 3.63) is 48.0 Å². The lowest BCUT2D eigenvalue weighted by Gasteiger charge is -2.18. The van der Waals surface area contributed by atoms with Crippen LogP contribution >= 0.6 is 11.8 Å². The summed E-state index contributed by atoms with van der Waals surface area (Å²) < 4.78 is 18.5. The summed E-state index contributed by atoms with van der Waals surface area (Å²) in [5, 5.41) is 0. The van der Waals surface area contributed by atoms with E-state index >= 15 is 0 Å². The number of carbonyl (C=O) groups excluding carboxylic acids is 1. The van der Waals surface area contributed by atoms with Crippen molar-refractivity contribution in [1.82, 2.24) is 14.9 Å². The number of hydrogen-bond donors (Lipinski definition) is 0. The van der Waals surface area contributed by atoms with E-state index in [1.165, 1.54) is 0 Å². The number of hydrogen-bond acceptors (Lipinski definition) is 5. The summed E-state index contributed by atoms with van der Waals surface area (Å²) in [6.45, 7) is 3.16. The molecule has 1 saturated heterocycles. The van der Waals surface area contributed by atoms with Crippen LogP contribution in [0, 0.1) is 5.82 Å². The van der Waals surface area contributed by atoms with E-state index in [0.717, 1.165) is 28.6 Å². The number of carbonyl (C=O) groups is 1. The van der Waals surface area contributed by atoms with Gasteiger partial charge in [-0.1, -0.05) is 19.1 Å². The van der Waals surface area contributed by atoms with Crippen molar-refractivity contribution in [1.29, 1.82) is 0 Å². The average Bonchev–Trinajstić information content (AvgIpc) is 3.06. The lowest BCUT2D eigenvalue weighted by Crippen LogP contribution is -2.31. The van der Waals surface area contributed by atoms with Crippen molar-refractivity contribution < 1.29 is 13.9 Å². The molecule has 1 amide bonds. The van der Waals surface area contributed by atoms with Crippen LogP contribution in [-0.2, 0) is 0 Å². The summed E-state index contributed by atoms with van der Waals surface area (Å²) >= 11 is 1.66. The molecule has 2 aromatic rings. The molecule has 1 aromatic carbocycles. The summed E-state index contributed by atoms with van der Waals surface area (Å²) in [5.74, 6) is 0.422. The highest BCUT2D eigenvalue weighted by atomic mass is 32.2. The number of thioether (sulfide) groups is 1. The maximum atomic E-state index is 12.8. The van der Waals surface area contributed by atoms with E-state index in [1.54, 1.807) is 16.7 Å². The lowest BCUT2D eigenvalue weighted by molar-refractivity contribution is 0.0766. The van der Waals surface area contributed by atoms with Crippen LogP contribution in [0.25, 0.3) is 0 Å². The molecule has 126 valence electrons. The van der Waals surface area contributed by atoms with Crippen molar-refractivity contribution in [2.75, 3.05) is 18.8 Å². The molecule has 1 aliphatic rings. The van der Waals surface area contributed by atoms with E-state index in [9.17, 15) is 9.18 Å². The van der Waals surface area contributed by atoms with Crippen molar-refractivity contribution in [2.45, 2.75) is 24.3 Å². The van der Waals surface area contributed by atoms with Crippen molar-refractivity contribution in [2.24, 2.45) is 0 Å². The van der Waals surface area contributed by atoms with Crippen LogP contribution in [0.1, 0.15) is 23.7 Å². The SMILES string of the molecule is CCSc1ccccc1C(=O)N1CC[C@@H](Oc2ncc(F)cn2)C1. The number of ether oxygens (including phenoxy) is 1. The summed E-state index contributed by atoms with van der Waals surface area (Å²) in [7, 11) is 0. The van der Waals surface area contributed by atoms with Crippen LogP contribution in [0.5, 0.6) is 6.01 Å². The molecule has 7 heteroatoms. The molecular weight excluding hydrogens is 329 g/mol. The van der Waals surface area contributed by atoms with Gasteiger partial charge < -0.3 is 9.64 Å². The molecule has 3 rings (SSSR count). The van der Waals surface area contributed by atoms with Crippen molar-refractivity contribution in [3.8, 4) is 6.01 Å². The Kier molecular flexibility index (Phi) is 5.30. The molecule has 0 aliphatic carbocycles. The fourth-order valence-electron chi connectivity index (χ4n) is 2.61. The van der Waals surface area contributed by atoms with Gasteiger partial charge in [0.1, 0.15) is 6.10 Å². The number of amides is 1. The number of halogens is 1. The Morgan fingerprint density at radius 2 is 2.12 bits per heavy atom. The van der Waals surface area contributed by atoms with E-state index in [0.29, 0.717) is 19.5 Å². The first kappa shape index (κ1) is 16.7. The predicted octanol–water partition coefficient (Wildman–Crippen LogP) is 3.02. The Bertz CT molecular complexity index is 711. The van der Waals surface area contributed by atoms with Gasteiger partial charge in [0.05, 0.1) is 24.5 Å². The summed E-state index contributed by atoms with van der Waals surface area (Å²) in [4.78, 5) is 23.1. The Hall–Kier alpha value is -2.15.